The fraction of sp³-hybridized carbons (Fsp3) is 0.500. The van der Waals surface area contributed by atoms with Crippen LogP contribution < -0.4 is 0 Å². The van der Waals surface area contributed by atoms with Gasteiger partial charge in [-0.25, -0.2) is 0 Å². The first kappa shape index (κ1) is 27.2. The second-order valence-corrected chi connectivity index (χ2v) is 11.9. The van der Waals surface area contributed by atoms with Gasteiger partial charge in [0.25, 0.3) is 0 Å². The van der Waals surface area contributed by atoms with Crippen molar-refractivity contribution in [2.45, 2.75) is 83.4 Å². The predicted molar refractivity (Wildman–Crippen MR) is 152 cm³/mol. The van der Waals surface area contributed by atoms with Crippen LogP contribution >= 0.6 is 0 Å². The van der Waals surface area contributed by atoms with E-state index in [9.17, 15) is 19.7 Å². The molecule has 0 bridgehead atoms. The third-order valence-electron chi connectivity index (χ3n) is 9.40. The molecule has 3 fully saturated rings. The van der Waals surface area contributed by atoms with Gasteiger partial charge in [0.2, 0.25) is 11.8 Å². The van der Waals surface area contributed by atoms with Crippen LogP contribution in [-0.4, -0.2) is 46.1 Å². The molecule has 7 nitrogen and oxygen atoms in total. The van der Waals surface area contributed by atoms with Gasteiger partial charge in [0.05, 0.1) is 17.9 Å². The van der Waals surface area contributed by atoms with E-state index in [-0.39, 0.29) is 42.4 Å². The number of furan rings is 1. The second kappa shape index (κ2) is 11.5. The largest absolute Gasteiger partial charge is 0.459 e. The number of likely N-dealkylation sites (tertiary alicyclic amines) is 1. The Kier molecular flexibility index (Phi) is 7.84. The summed E-state index contributed by atoms with van der Waals surface area (Å²) in [6, 6.07) is 13.7. The highest BCUT2D eigenvalue weighted by atomic mass is 16.5. The minimum Gasteiger partial charge on any atom is -0.459 e. The number of hydrogen-bond acceptors (Lipinski definition) is 6. The van der Waals surface area contributed by atoms with Gasteiger partial charge in [0.15, 0.2) is 0 Å². The number of carbonyl (C=O) groups excluding carboxylic acids is 2. The van der Waals surface area contributed by atoms with Crippen LogP contribution in [-0.2, 0) is 20.9 Å². The van der Waals surface area contributed by atoms with E-state index in [0.29, 0.717) is 37.1 Å². The maximum absolute atomic E-state index is 13.8. The molecule has 2 amide bonds. The monoisotopic (exact) mass is 543 g/mol. The van der Waals surface area contributed by atoms with Crippen LogP contribution in [0.25, 0.3) is 11.6 Å². The highest BCUT2D eigenvalue weighted by Gasteiger charge is 2.57. The molecule has 2 N–H and O–H groups in total. The molecule has 2 aromatic rings. The number of allylic oxidation sites excluding steroid dienone is 2. The topological polar surface area (TPSA) is 100 Å². The molecular weight excluding hydrogens is 505 g/mol. The molecule has 3 heterocycles. The van der Waals surface area contributed by atoms with Crippen LogP contribution in [0.15, 0.2) is 58.0 Å². The van der Waals surface area contributed by atoms with Crippen LogP contribution in [0.4, 0.5) is 0 Å². The van der Waals surface area contributed by atoms with E-state index >= 15 is 0 Å². The third-order valence-corrected chi connectivity index (χ3v) is 9.40. The first-order valence-electron chi connectivity index (χ1n) is 14.8. The Balaban J connectivity index is 1.26. The normalized spacial score (nSPS) is 27.8. The Hall–Kier alpha value is -2.94. The maximum Gasteiger partial charge on any atom is 0.455 e. The summed E-state index contributed by atoms with van der Waals surface area (Å²) in [6.45, 7) is 1.92. The Labute approximate surface area is 236 Å². The van der Waals surface area contributed by atoms with Gasteiger partial charge in [-0.3, -0.25) is 14.5 Å². The summed E-state index contributed by atoms with van der Waals surface area (Å²) in [5.74, 6) is 0.223. The number of amides is 2. The number of imide groups is 1. The summed E-state index contributed by atoms with van der Waals surface area (Å²) in [5.41, 5.74) is 4.35. The Morgan fingerprint density at radius 3 is 2.55 bits per heavy atom. The summed E-state index contributed by atoms with van der Waals surface area (Å²) in [6.07, 6.45) is 8.97. The SMILES string of the molecule is CC1=C2[C@@H](CC/C(=C/c3ccc(CO)o3)c3ccccc3)OB(O)C[C@@H]2[C@@H]2C(=O)N(C3CCCCC3)C(=O)[C@@H]2C1. The third kappa shape index (κ3) is 5.13. The fourth-order valence-corrected chi connectivity index (χ4v) is 7.61. The Morgan fingerprint density at radius 1 is 1.05 bits per heavy atom. The molecule has 1 aromatic carbocycles. The lowest BCUT2D eigenvalue weighted by molar-refractivity contribution is -0.143. The van der Waals surface area contributed by atoms with Crippen LogP contribution in [0.5, 0.6) is 0 Å². The van der Waals surface area contributed by atoms with E-state index in [1.165, 1.54) is 6.42 Å². The van der Waals surface area contributed by atoms with Crippen LogP contribution in [0.1, 0.15) is 75.4 Å². The highest BCUT2D eigenvalue weighted by Crippen LogP contribution is 2.51. The van der Waals surface area contributed by atoms with E-state index in [4.69, 9.17) is 9.07 Å². The quantitative estimate of drug-likeness (QED) is 0.282. The molecule has 8 heteroatoms. The molecule has 40 heavy (non-hydrogen) atoms. The van der Waals surface area contributed by atoms with Gasteiger partial charge < -0.3 is 19.2 Å². The number of carbonyl (C=O) groups is 2. The van der Waals surface area contributed by atoms with Crippen molar-refractivity contribution in [2.75, 3.05) is 0 Å². The molecule has 210 valence electrons. The number of aliphatic hydroxyl groups is 1. The lowest BCUT2D eigenvalue weighted by atomic mass is 9.58. The number of benzene rings is 1. The van der Waals surface area contributed by atoms with Gasteiger partial charge in [0.1, 0.15) is 18.1 Å². The molecular formula is C32H38BNO6. The van der Waals surface area contributed by atoms with Crippen molar-refractivity contribution in [1.82, 2.24) is 4.90 Å². The standard InChI is InChI=1S/C32H38BNO6/c1-20-16-26-30(32(37)34(31(26)36)23-10-6-3-7-11-23)27-18-33(38)40-28(29(20)27)15-12-22(21-8-4-2-5-9-21)17-24-13-14-25(19-35)39-24/h2,4-5,8-9,13-14,17,23,26-28,30,35,38H,3,6-7,10-12,15-16,18-19H2,1H3/b22-17-/t26-,27+,28-,30-/m1/s1. The van der Waals surface area contributed by atoms with Crippen molar-refractivity contribution < 1.29 is 28.8 Å². The molecule has 0 radical (unpaired) electrons. The fourth-order valence-electron chi connectivity index (χ4n) is 7.61. The first-order chi connectivity index (χ1) is 19.4. The first-order valence-corrected chi connectivity index (χ1v) is 14.8. The molecule has 4 atom stereocenters. The smallest absolute Gasteiger partial charge is 0.455 e. The predicted octanol–water partition coefficient (Wildman–Crippen LogP) is 5.24. The van der Waals surface area contributed by atoms with Gasteiger partial charge in [-0.2, -0.15) is 0 Å². The van der Waals surface area contributed by atoms with Crippen LogP contribution in [0, 0.1) is 17.8 Å². The van der Waals surface area contributed by atoms with Crippen molar-refractivity contribution in [3.63, 3.8) is 0 Å². The molecule has 0 unspecified atom stereocenters. The van der Waals surface area contributed by atoms with Crippen LogP contribution in [0.2, 0.25) is 6.32 Å². The zero-order valence-corrected chi connectivity index (χ0v) is 23.1. The van der Waals surface area contributed by atoms with Gasteiger partial charge in [-0.15, -0.1) is 0 Å². The van der Waals surface area contributed by atoms with E-state index in [0.717, 1.165) is 48.0 Å². The molecule has 2 aliphatic heterocycles. The van der Waals surface area contributed by atoms with Gasteiger partial charge in [0, 0.05) is 6.04 Å². The summed E-state index contributed by atoms with van der Waals surface area (Å²) < 4.78 is 11.9. The van der Waals surface area contributed by atoms with Crippen molar-refractivity contribution in [1.29, 1.82) is 0 Å². The lowest BCUT2D eigenvalue weighted by Crippen LogP contribution is -2.46. The van der Waals surface area contributed by atoms with Crippen molar-refractivity contribution in [3.8, 4) is 0 Å². The summed E-state index contributed by atoms with van der Waals surface area (Å²) in [5, 5.41) is 20.2. The highest BCUT2D eigenvalue weighted by molar-refractivity contribution is 6.43. The van der Waals surface area contributed by atoms with E-state index in [2.05, 4.69) is 19.1 Å². The van der Waals surface area contributed by atoms with Crippen molar-refractivity contribution >= 4 is 30.6 Å². The maximum atomic E-state index is 13.8. The minimum atomic E-state index is -0.974. The number of hydrogen-bond donors (Lipinski definition) is 2. The average molecular weight is 543 g/mol. The van der Waals surface area contributed by atoms with Crippen LogP contribution in [0.3, 0.4) is 0 Å². The van der Waals surface area contributed by atoms with Gasteiger partial charge in [-0.05, 0) is 86.2 Å². The van der Waals surface area contributed by atoms with E-state index in [1.807, 2.05) is 30.3 Å². The van der Waals surface area contributed by atoms with E-state index in [1.54, 1.807) is 11.0 Å². The van der Waals surface area contributed by atoms with E-state index < -0.39 is 13.0 Å². The molecule has 1 saturated carbocycles. The van der Waals surface area contributed by atoms with Gasteiger partial charge in [-0.1, -0.05) is 55.2 Å². The summed E-state index contributed by atoms with van der Waals surface area (Å²) in [4.78, 5) is 29.0. The molecule has 1 aromatic heterocycles. The zero-order chi connectivity index (χ0) is 27.8. The van der Waals surface area contributed by atoms with Crippen molar-refractivity contribution in [2.24, 2.45) is 17.8 Å². The summed E-state index contributed by atoms with van der Waals surface area (Å²) >= 11 is 0. The zero-order valence-electron chi connectivity index (χ0n) is 23.1. The van der Waals surface area contributed by atoms with Crippen molar-refractivity contribution in [3.05, 3.63) is 70.7 Å². The average Bonchev–Trinajstić information content (AvgIpc) is 3.53. The molecule has 4 aliphatic rings. The molecule has 6 rings (SSSR count). The molecule has 2 aliphatic carbocycles. The van der Waals surface area contributed by atoms with Gasteiger partial charge >= 0.3 is 7.12 Å². The minimum absolute atomic E-state index is 0.00664. The Morgan fingerprint density at radius 2 is 1.82 bits per heavy atom. The molecule has 2 saturated heterocycles. The lowest BCUT2D eigenvalue weighted by Gasteiger charge is -2.42. The second-order valence-electron chi connectivity index (χ2n) is 11.9. The number of fused-ring (bicyclic) bond motifs is 3. The number of aliphatic hydroxyl groups excluding tert-OH is 1. The number of nitrogens with zero attached hydrogens (tertiary/aromatic N) is 1. The Bertz CT molecular complexity index is 1310. The molecule has 0 spiro atoms. The number of rotatable bonds is 7. The summed E-state index contributed by atoms with van der Waals surface area (Å²) in [7, 11) is -0.974.